The molecule has 1 atom stereocenters. The van der Waals surface area contributed by atoms with Gasteiger partial charge in [-0.05, 0) is 37.6 Å². The average Bonchev–Trinajstić information content (AvgIpc) is 2.95. The lowest BCUT2D eigenvalue weighted by Gasteiger charge is -2.19. The normalized spacial score (nSPS) is 17.3. The van der Waals surface area contributed by atoms with E-state index in [1.807, 2.05) is 45.9 Å². The molecule has 3 N–H and O–H groups in total. The number of hydrogen-bond donors (Lipinski definition) is 3. The lowest BCUT2D eigenvalue weighted by atomic mass is 9.95. The van der Waals surface area contributed by atoms with Gasteiger partial charge in [-0.2, -0.15) is 0 Å². The fourth-order valence-electron chi connectivity index (χ4n) is 2.27. The molecule has 1 aliphatic rings. The highest BCUT2D eigenvalue weighted by atomic mass is 35.5. The van der Waals surface area contributed by atoms with Gasteiger partial charge in [0, 0.05) is 23.3 Å². The minimum atomic E-state index is -0.457. The molecule has 0 spiro atoms. The van der Waals surface area contributed by atoms with E-state index in [1.54, 1.807) is 0 Å². The average molecular weight is 340 g/mol. The van der Waals surface area contributed by atoms with Crippen molar-refractivity contribution in [3.8, 4) is 0 Å². The van der Waals surface area contributed by atoms with E-state index in [0.717, 1.165) is 30.8 Å². The fraction of sp³-hybridized carbons (Fsp3) is 0.529. The van der Waals surface area contributed by atoms with E-state index in [-0.39, 0.29) is 30.1 Å². The van der Waals surface area contributed by atoms with Crippen molar-refractivity contribution >= 4 is 35.6 Å². The Morgan fingerprint density at radius 3 is 2.48 bits per heavy atom. The van der Waals surface area contributed by atoms with Gasteiger partial charge < -0.3 is 16.0 Å². The molecule has 0 aliphatic carbocycles. The van der Waals surface area contributed by atoms with Crippen LogP contribution in [0.25, 0.3) is 0 Å². The number of anilines is 2. The minimum Gasteiger partial charge on any atom is -0.326 e. The standard InChI is InChI=1S/C17H25N3O2.ClH/c1-11-5-6-13(19-15(21)12-7-8-18-10-12)9-14(11)20-16(22)17(2,3)4;/h5-6,9,12,18H,7-8,10H2,1-4H3,(H,19,21)(H,20,22);1H. The number of rotatable bonds is 3. The highest BCUT2D eigenvalue weighted by Gasteiger charge is 2.23. The summed E-state index contributed by atoms with van der Waals surface area (Å²) >= 11 is 0. The molecular formula is C17H26ClN3O2. The van der Waals surface area contributed by atoms with E-state index in [2.05, 4.69) is 16.0 Å². The molecule has 1 aromatic rings. The number of aryl methyl sites for hydroxylation is 1. The Hall–Kier alpha value is -1.59. The lowest BCUT2D eigenvalue weighted by molar-refractivity contribution is -0.123. The molecule has 0 aromatic heterocycles. The second-order valence-corrected chi connectivity index (χ2v) is 6.91. The maximum absolute atomic E-state index is 12.2. The Morgan fingerprint density at radius 1 is 1.22 bits per heavy atom. The van der Waals surface area contributed by atoms with Crippen LogP contribution in [0.15, 0.2) is 18.2 Å². The Balaban J connectivity index is 0.00000264. The van der Waals surface area contributed by atoms with Gasteiger partial charge in [0.05, 0.1) is 5.92 Å². The molecule has 1 saturated heterocycles. The van der Waals surface area contributed by atoms with Crippen molar-refractivity contribution in [3.63, 3.8) is 0 Å². The van der Waals surface area contributed by atoms with Crippen LogP contribution in [-0.4, -0.2) is 24.9 Å². The van der Waals surface area contributed by atoms with E-state index in [1.165, 1.54) is 0 Å². The van der Waals surface area contributed by atoms with Gasteiger partial charge in [0.2, 0.25) is 11.8 Å². The summed E-state index contributed by atoms with van der Waals surface area (Å²) in [6.45, 7) is 9.16. The molecule has 0 radical (unpaired) electrons. The number of halogens is 1. The van der Waals surface area contributed by atoms with Crippen LogP contribution in [0, 0.1) is 18.3 Å². The molecule has 5 nitrogen and oxygen atoms in total. The maximum Gasteiger partial charge on any atom is 0.229 e. The summed E-state index contributed by atoms with van der Waals surface area (Å²) in [6.07, 6.45) is 0.866. The van der Waals surface area contributed by atoms with Crippen molar-refractivity contribution in [2.24, 2.45) is 11.3 Å². The van der Waals surface area contributed by atoms with Crippen LogP contribution >= 0.6 is 12.4 Å². The summed E-state index contributed by atoms with van der Waals surface area (Å²) < 4.78 is 0. The molecule has 1 heterocycles. The van der Waals surface area contributed by atoms with E-state index >= 15 is 0 Å². The van der Waals surface area contributed by atoms with Crippen LogP contribution in [0.2, 0.25) is 0 Å². The molecule has 2 rings (SSSR count). The molecular weight excluding hydrogens is 314 g/mol. The summed E-state index contributed by atoms with van der Waals surface area (Å²) in [4.78, 5) is 24.3. The number of hydrogen-bond acceptors (Lipinski definition) is 3. The van der Waals surface area contributed by atoms with Crippen LogP contribution in [0.3, 0.4) is 0 Å². The predicted molar refractivity (Wildman–Crippen MR) is 96.1 cm³/mol. The molecule has 1 unspecified atom stereocenters. The summed E-state index contributed by atoms with van der Waals surface area (Å²) in [6, 6.07) is 5.59. The Kier molecular flexibility index (Phi) is 6.59. The van der Waals surface area contributed by atoms with E-state index in [4.69, 9.17) is 0 Å². The lowest BCUT2D eigenvalue weighted by Crippen LogP contribution is -2.28. The van der Waals surface area contributed by atoms with Crippen molar-refractivity contribution in [1.82, 2.24) is 5.32 Å². The first-order chi connectivity index (χ1) is 10.3. The monoisotopic (exact) mass is 339 g/mol. The van der Waals surface area contributed by atoms with Crippen molar-refractivity contribution in [2.75, 3.05) is 23.7 Å². The van der Waals surface area contributed by atoms with Crippen molar-refractivity contribution in [3.05, 3.63) is 23.8 Å². The summed E-state index contributed by atoms with van der Waals surface area (Å²) in [7, 11) is 0. The largest absolute Gasteiger partial charge is 0.326 e. The van der Waals surface area contributed by atoms with Gasteiger partial charge in [0.1, 0.15) is 0 Å². The van der Waals surface area contributed by atoms with Gasteiger partial charge in [-0.15, -0.1) is 12.4 Å². The second-order valence-electron chi connectivity index (χ2n) is 6.91. The molecule has 0 saturated carbocycles. The third-order valence-electron chi connectivity index (χ3n) is 3.87. The van der Waals surface area contributed by atoms with Gasteiger partial charge in [0.25, 0.3) is 0 Å². The number of benzene rings is 1. The molecule has 23 heavy (non-hydrogen) atoms. The number of carbonyl (C=O) groups is 2. The van der Waals surface area contributed by atoms with E-state index < -0.39 is 5.41 Å². The molecule has 2 amide bonds. The van der Waals surface area contributed by atoms with Crippen LogP contribution in [0.4, 0.5) is 11.4 Å². The fourth-order valence-corrected chi connectivity index (χ4v) is 2.27. The third-order valence-corrected chi connectivity index (χ3v) is 3.87. The SMILES string of the molecule is Cc1ccc(NC(=O)C2CCNC2)cc1NC(=O)C(C)(C)C.Cl. The Bertz CT molecular complexity index is 576. The first-order valence-corrected chi connectivity index (χ1v) is 7.71. The van der Waals surface area contributed by atoms with Crippen molar-refractivity contribution in [2.45, 2.75) is 34.1 Å². The molecule has 0 bridgehead atoms. The summed E-state index contributed by atoms with van der Waals surface area (Å²) in [5.74, 6) is 0.00920. The van der Waals surface area contributed by atoms with E-state index in [0.29, 0.717) is 5.69 Å². The first kappa shape index (κ1) is 19.5. The van der Waals surface area contributed by atoms with Crippen LogP contribution in [0.5, 0.6) is 0 Å². The molecule has 1 aliphatic heterocycles. The van der Waals surface area contributed by atoms with E-state index in [9.17, 15) is 9.59 Å². The quantitative estimate of drug-likeness (QED) is 0.793. The molecule has 1 aromatic carbocycles. The van der Waals surface area contributed by atoms with Crippen molar-refractivity contribution < 1.29 is 9.59 Å². The summed E-state index contributed by atoms with van der Waals surface area (Å²) in [5, 5.41) is 9.05. The molecule has 1 fully saturated rings. The van der Waals surface area contributed by atoms with Crippen molar-refractivity contribution in [1.29, 1.82) is 0 Å². The van der Waals surface area contributed by atoms with Gasteiger partial charge in [-0.3, -0.25) is 9.59 Å². The van der Waals surface area contributed by atoms with Crippen LogP contribution in [0.1, 0.15) is 32.8 Å². The third kappa shape index (κ3) is 5.22. The first-order valence-electron chi connectivity index (χ1n) is 7.71. The highest BCUT2D eigenvalue weighted by molar-refractivity contribution is 5.97. The number of nitrogens with one attached hydrogen (secondary N) is 3. The maximum atomic E-state index is 12.2. The summed E-state index contributed by atoms with van der Waals surface area (Å²) in [5.41, 5.74) is 1.97. The zero-order valence-corrected chi connectivity index (χ0v) is 15.0. The zero-order valence-electron chi connectivity index (χ0n) is 14.2. The number of carbonyl (C=O) groups excluding carboxylic acids is 2. The van der Waals surface area contributed by atoms with Crippen LogP contribution < -0.4 is 16.0 Å². The molecule has 6 heteroatoms. The minimum absolute atomic E-state index is 0. The smallest absolute Gasteiger partial charge is 0.229 e. The topological polar surface area (TPSA) is 70.2 Å². The van der Waals surface area contributed by atoms with Gasteiger partial charge >= 0.3 is 0 Å². The van der Waals surface area contributed by atoms with Gasteiger partial charge in [-0.1, -0.05) is 26.8 Å². The highest BCUT2D eigenvalue weighted by Crippen LogP contribution is 2.24. The Morgan fingerprint density at radius 2 is 1.91 bits per heavy atom. The predicted octanol–water partition coefficient (Wildman–Crippen LogP) is 2.95. The molecule has 128 valence electrons. The zero-order chi connectivity index (χ0) is 16.3. The Labute approximate surface area is 144 Å². The van der Waals surface area contributed by atoms with Crippen LogP contribution in [-0.2, 0) is 9.59 Å². The van der Waals surface area contributed by atoms with Gasteiger partial charge in [0.15, 0.2) is 0 Å². The van der Waals surface area contributed by atoms with Gasteiger partial charge in [-0.25, -0.2) is 0 Å². The number of amides is 2. The second kappa shape index (κ2) is 7.79.